The third-order valence-electron chi connectivity index (χ3n) is 4.72. The third-order valence-corrected chi connectivity index (χ3v) is 4.72. The second-order valence-corrected chi connectivity index (χ2v) is 6.71. The zero-order valence-electron chi connectivity index (χ0n) is 16.6. The summed E-state index contributed by atoms with van der Waals surface area (Å²) >= 11 is 0. The van der Waals surface area contributed by atoms with Gasteiger partial charge in [-0.15, -0.1) is 0 Å². The third kappa shape index (κ3) is 4.04. The molecule has 3 heterocycles. The topological polar surface area (TPSA) is 148 Å². The van der Waals surface area contributed by atoms with E-state index in [0.717, 1.165) is 5.56 Å². The van der Waals surface area contributed by atoms with Gasteiger partial charge in [0.25, 0.3) is 5.91 Å². The minimum Gasteiger partial charge on any atom is -0.491 e. The molecule has 4 aromatic rings. The predicted molar refractivity (Wildman–Crippen MR) is 115 cm³/mol. The van der Waals surface area contributed by atoms with Gasteiger partial charge in [-0.1, -0.05) is 24.3 Å². The number of nitrogens with two attached hydrogens (primary N) is 1. The van der Waals surface area contributed by atoms with Gasteiger partial charge < -0.3 is 25.8 Å². The molecule has 0 bridgehead atoms. The van der Waals surface area contributed by atoms with E-state index >= 15 is 0 Å². The fourth-order valence-electron chi connectivity index (χ4n) is 3.20. The maximum Gasteiger partial charge on any atom is 0.488 e. The average molecular weight is 418 g/mol. The number of carbonyl (C=O) groups is 1. The lowest BCUT2D eigenvalue weighted by molar-refractivity contribution is 0.100. The Labute approximate surface area is 177 Å². The second kappa shape index (κ2) is 8.42. The lowest BCUT2D eigenvalue weighted by atomic mass is 9.80. The molecule has 0 fully saturated rings. The number of hydrogen-bond acceptors (Lipinski definition) is 8. The summed E-state index contributed by atoms with van der Waals surface area (Å²) in [5.41, 5.74) is 7.56. The number of benzene rings is 1. The van der Waals surface area contributed by atoms with Crippen LogP contribution in [-0.2, 0) is 6.54 Å². The SMILES string of the molecule is COc1cnc(-c2ncc3c(C(N)=O)cccn23)nc1NCc1cccc(B(O)O)c1. The Morgan fingerprint density at radius 2 is 2.06 bits per heavy atom. The van der Waals surface area contributed by atoms with Crippen LogP contribution in [0.1, 0.15) is 15.9 Å². The van der Waals surface area contributed by atoms with Crippen molar-refractivity contribution in [1.82, 2.24) is 19.4 Å². The number of primary amides is 1. The molecule has 0 aliphatic heterocycles. The van der Waals surface area contributed by atoms with Crippen LogP contribution in [0.25, 0.3) is 17.2 Å². The van der Waals surface area contributed by atoms with E-state index in [1.165, 1.54) is 13.3 Å². The molecule has 5 N–H and O–H groups in total. The first-order valence-corrected chi connectivity index (χ1v) is 9.34. The number of anilines is 1. The van der Waals surface area contributed by atoms with Crippen molar-refractivity contribution in [2.75, 3.05) is 12.4 Å². The Morgan fingerprint density at radius 1 is 1.23 bits per heavy atom. The number of nitrogens with one attached hydrogen (secondary N) is 1. The zero-order chi connectivity index (χ0) is 22.0. The molecule has 0 atom stereocenters. The fourth-order valence-corrected chi connectivity index (χ4v) is 3.20. The molecule has 4 rings (SSSR count). The van der Waals surface area contributed by atoms with Crippen LogP contribution in [0, 0.1) is 0 Å². The summed E-state index contributed by atoms with van der Waals surface area (Å²) in [5, 5.41) is 21.9. The van der Waals surface area contributed by atoms with Crippen LogP contribution < -0.4 is 21.3 Å². The summed E-state index contributed by atoms with van der Waals surface area (Å²) in [6.07, 6.45) is 4.82. The van der Waals surface area contributed by atoms with E-state index in [2.05, 4.69) is 20.3 Å². The first-order chi connectivity index (χ1) is 15.0. The highest BCUT2D eigenvalue weighted by atomic mass is 16.5. The van der Waals surface area contributed by atoms with Crippen molar-refractivity contribution in [3.8, 4) is 17.4 Å². The van der Waals surface area contributed by atoms with Crippen LogP contribution in [0.5, 0.6) is 5.75 Å². The van der Waals surface area contributed by atoms with Gasteiger partial charge in [0, 0.05) is 12.7 Å². The molecule has 0 unspecified atom stereocenters. The maximum atomic E-state index is 11.7. The molecule has 0 aliphatic rings. The number of rotatable bonds is 7. The number of nitrogens with zero attached hydrogens (tertiary/aromatic N) is 4. The molecule has 0 saturated heterocycles. The highest BCUT2D eigenvalue weighted by Crippen LogP contribution is 2.26. The zero-order valence-corrected chi connectivity index (χ0v) is 16.6. The van der Waals surface area contributed by atoms with Gasteiger partial charge in [0.05, 0.1) is 30.6 Å². The number of ether oxygens (including phenoxy) is 1. The van der Waals surface area contributed by atoms with Gasteiger partial charge in [0.2, 0.25) is 0 Å². The molecular formula is C20H19BN6O4. The van der Waals surface area contributed by atoms with Crippen molar-refractivity contribution in [2.24, 2.45) is 5.73 Å². The van der Waals surface area contributed by atoms with Crippen LogP contribution in [-0.4, -0.2) is 49.5 Å². The highest BCUT2D eigenvalue weighted by molar-refractivity contribution is 6.58. The van der Waals surface area contributed by atoms with Crippen LogP contribution in [0.2, 0.25) is 0 Å². The smallest absolute Gasteiger partial charge is 0.488 e. The Kier molecular flexibility index (Phi) is 5.52. The van der Waals surface area contributed by atoms with Gasteiger partial charge in [-0.25, -0.2) is 15.0 Å². The average Bonchev–Trinajstić information content (AvgIpc) is 3.21. The normalized spacial score (nSPS) is 10.8. The standard InChI is InChI=1S/C20H19BN6O4/c1-31-16-11-24-19(20-25-10-15-14(17(22)28)6-3-7-27(15)20)26-18(16)23-9-12-4-2-5-13(8-12)21(29)30/h2-8,10-11,29-30H,9H2,1H3,(H2,22,28)(H,23,24,26). The molecule has 1 amide bonds. The van der Waals surface area contributed by atoms with Gasteiger partial charge in [0.15, 0.2) is 23.2 Å². The number of methoxy groups -OCH3 is 1. The van der Waals surface area contributed by atoms with Crippen molar-refractivity contribution < 1.29 is 19.6 Å². The van der Waals surface area contributed by atoms with Crippen molar-refractivity contribution >= 4 is 29.8 Å². The maximum absolute atomic E-state index is 11.7. The molecule has 31 heavy (non-hydrogen) atoms. The van der Waals surface area contributed by atoms with E-state index in [4.69, 9.17) is 10.5 Å². The van der Waals surface area contributed by atoms with Crippen LogP contribution in [0.4, 0.5) is 5.82 Å². The molecular weight excluding hydrogens is 399 g/mol. The van der Waals surface area contributed by atoms with E-state index in [0.29, 0.717) is 46.3 Å². The molecule has 1 aromatic carbocycles. The summed E-state index contributed by atoms with van der Waals surface area (Å²) < 4.78 is 7.04. The van der Waals surface area contributed by atoms with Crippen molar-refractivity contribution in [3.63, 3.8) is 0 Å². The summed E-state index contributed by atoms with van der Waals surface area (Å²) in [6.45, 7) is 0.363. The summed E-state index contributed by atoms with van der Waals surface area (Å²) in [4.78, 5) is 24.9. The molecule has 156 valence electrons. The monoisotopic (exact) mass is 418 g/mol. The molecule has 10 nitrogen and oxygen atoms in total. The fraction of sp³-hybridized carbons (Fsp3) is 0.100. The first-order valence-electron chi connectivity index (χ1n) is 9.34. The van der Waals surface area contributed by atoms with Crippen LogP contribution in [0.3, 0.4) is 0 Å². The van der Waals surface area contributed by atoms with Gasteiger partial charge in [0.1, 0.15) is 0 Å². The summed E-state index contributed by atoms with van der Waals surface area (Å²) in [6, 6.07) is 10.2. The van der Waals surface area contributed by atoms with E-state index in [1.807, 2.05) is 6.07 Å². The van der Waals surface area contributed by atoms with Crippen molar-refractivity contribution in [1.29, 1.82) is 0 Å². The number of carbonyl (C=O) groups excluding carboxylic acids is 1. The lowest BCUT2D eigenvalue weighted by Gasteiger charge is -2.12. The lowest BCUT2D eigenvalue weighted by Crippen LogP contribution is -2.30. The molecule has 3 aromatic heterocycles. The number of aromatic nitrogens is 4. The Morgan fingerprint density at radius 3 is 2.81 bits per heavy atom. The van der Waals surface area contributed by atoms with Crippen molar-refractivity contribution in [3.05, 3.63) is 66.1 Å². The number of imidazole rings is 1. The molecule has 0 radical (unpaired) electrons. The number of pyridine rings is 1. The van der Waals surface area contributed by atoms with Gasteiger partial charge in [-0.2, -0.15) is 0 Å². The first kappa shape index (κ1) is 20.3. The molecule has 0 saturated carbocycles. The van der Waals surface area contributed by atoms with E-state index in [9.17, 15) is 14.8 Å². The Hall–Kier alpha value is -3.96. The molecule has 11 heteroatoms. The minimum atomic E-state index is -1.54. The largest absolute Gasteiger partial charge is 0.491 e. The van der Waals surface area contributed by atoms with Crippen molar-refractivity contribution in [2.45, 2.75) is 6.54 Å². The number of amides is 1. The van der Waals surface area contributed by atoms with E-state index < -0.39 is 13.0 Å². The predicted octanol–water partition coefficient (Wildman–Crippen LogP) is 0.191. The minimum absolute atomic E-state index is 0.324. The van der Waals surface area contributed by atoms with Gasteiger partial charge >= 0.3 is 7.12 Å². The summed E-state index contributed by atoms with van der Waals surface area (Å²) in [5.74, 6) is 1.08. The Balaban J connectivity index is 1.67. The molecule has 0 spiro atoms. The van der Waals surface area contributed by atoms with Gasteiger partial charge in [-0.05, 0) is 23.2 Å². The Bertz CT molecular complexity index is 1260. The number of fused-ring (bicyclic) bond motifs is 1. The van der Waals surface area contributed by atoms with Crippen LogP contribution >= 0.6 is 0 Å². The number of hydrogen-bond donors (Lipinski definition) is 4. The quantitative estimate of drug-likeness (QED) is 0.311. The van der Waals surface area contributed by atoms with E-state index in [-0.39, 0.29) is 0 Å². The second-order valence-electron chi connectivity index (χ2n) is 6.71. The highest BCUT2D eigenvalue weighted by Gasteiger charge is 2.17. The summed E-state index contributed by atoms with van der Waals surface area (Å²) in [7, 11) is -0.0322. The van der Waals surface area contributed by atoms with Crippen LogP contribution in [0.15, 0.2) is 55.0 Å². The van der Waals surface area contributed by atoms with E-state index in [1.54, 1.807) is 47.1 Å². The molecule has 0 aliphatic carbocycles. The van der Waals surface area contributed by atoms with Gasteiger partial charge in [-0.3, -0.25) is 9.20 Å².